The first-order chi connectivity index (χ1) is 10.3. The third-order valence-corrected chi connectivity index (χ3v) is 3.61. The number of fused-ring (bicyclic) bond motifs is 1. The molecule has 0 fully saturated rings. The fourth-order valence-electron chi connectivity index (χ4n) is 2.18. The zero-order valence-electron chi connectivity index (χ0n) is 10.9. The van der Waals surface area contributed by atoms with Crippen LogP contribution in [0, 0.1) is 0 Å². The highest BCUT2D eigenvalue weighted by atomic mass is 79.9. The van der Waals surface area contributed by atoms with Gasteiger partial charge in [-0.1, -0.05) is 18.2 Å². The maximum atomic E-state index is 4.49. The van der Waals surface area contributed by atoms with E-state index in [2.05, 4.69) is 36.0 Å². The Kier molecular flexibility index (Phi) is 2.82. The van der Waals surface area contributed by atoms with Crippen LogP contribution < -0.4 is 0 Å². The van der Waals surface area contributed by atoms with Crippen molar-refractivity contribution in [1.82, 2.24) is 24.7 Å². The minimum atomic E-state index is 0.695. The van der Waals surface area contributed by atoms with E-state index >= 15 is 0 Å². The van der Waals surface area contributed by atoms with Crippen LogP contribution in [0.4, 0.5) is 0 Å². The number of hydrogen-bond donors (Lipinski definition) is 1. The average molecular weight is 340 g/mol. The fourth-order valence-corrected chi connectivity index (χ4v) is 2.51. The zero-order chi connectivity index (χ0) is 14.2. The Hall–Kier alpha value is -2.47. The van der Waals surface area contributed by atoms with Gasteiger partial charge in [0.25, 0.3) is 0 Å². The molecule has 0 saturated heterocycles. The van der Waals surface area contributed by atoms with E-state index in [1.54, 1.807) is 12.4 Å². The van der Waals surface area contributed by atoms with Gasteiger partial charge < -0.3 is 4.98 Å². The van der Waals surface area contributed by atoms with Crippen molar-refractivity contribution in [3.8, 4) is 17.1 Å². The second-order valence-corrected chi connectivity index (χ2v) is 5.53. The summed E-state index contributed by atoms with van der Waals surface area (Å²) in [6, 6.07) is 11.9. The quantitative estimate of drug-likeness (QED) is 0.607. The molecule has 0 aliphatic carbocycles. The van der Waals surface area contributed by atoms with Crippen molar-refractivity contribution >= 4 is 27.1 Å². The van der Waals surface area contributed by atoms with Gasteiger partial charge in [-0.15, -0.1) is 0 Å². The van der Waals surface area contributed by atoms with Crippen molar-refractivity contribution in [2.45, 2.75) is 0 Å². The summed E-state index contributed by atoms with van der Waals surface area (Å²) in [4.78, 5) is 12.0. The molecule has 1 N–H and O–H groups in total. The van der Waals surface area contributed by atoms with Gasteiger partial charge in [-0.25, -0.2) is 14.6 Å². The van der Waals surface area contributed by atoms with Crippen molar-refractivity contribution in [3.63, 3.8) is 0 Å². The van der Waals surface area contributed by atoms with Crippen LogP contribution in [-0.4, -0.2) is 24.7 Å². The Morgan fingerprint density at radius 1 is 1.10 bits per heavy atom. The van der Waals surface area contributed by atoms with E-state index in [0.29, 0.717) is 5.65 Å². The van der Waals surface area contributed by atoms with Gasteiger partial charge in [0.2, 0.25) is 0 Å². The van der Waals surface area contributed by atoms with Crippen LogP contribution in [0.25, 0.3) is 28.2 Å². The Balaban J connectivity index is 1.77. The lowest BCUT2D eigenvalue weighted by Crippen LogP contribution is -1.92. The lowest BCUT2D eigenvalue weighted by molar-refractivity contribution is 0.880. The Morgan fingerprint density at radius 2 is 1.95 bits per heavy atom. The van der Waals surface area contributed by atoms with Crippen LogP contribution in [0.3, 0.4) is 0 Å². The molecular weight excluding hydrogens is 330 g/mol. The molecule has 0 amide bonds. The number of hydrogen-bond acceptors (Lipinski definition) is 3. The molecule has 6 heteroatoms. The smallest absolute Gasteiger partial charge is 0.178 e. The summed E-state index contributed by atoms with van der Waals surface area (Å²) in [7, 11) is 0. The maximum Gasteiger partial charge on any atom is 0.178 e. The lowest BCUT2D eigenvalue weighted by Gasteiger charge is -1.98. The Bertz CT molecular complexity index is 910. The molecule has 0 spiro atoms. The monoisotopic (exact) mass is 339 g/mol. The van der Waals surface area contributed by atoms with E-state index in [0.717, 1.165) is 27.1 Å². The SMILES string of the molecule is Brc1cnc2nc(-c3cnn(-c4ccccc4)c3)[nH]c2c1. The molecule has 4 aromatic rings. The van der Waals surface area contributed by atoms with Gasteiger partial charge in [-0.05, 0) is 34.1 Å². The van der Waals surface area contributed by atoms with Crippen molar-refractivity contribution in [3.05, 3.63) is 59.5 Å². The molecule has 0 radical (unpaired) electrons. The second kappa shape index (κ2) is 4.82. The minimum Gasteiger partial charge on any atom is -0.336 e. The Morgan fingerprint density at radius 3 is 2.81 bits per heavy atom. The fraction of sp³-hybridized carbons (Fsp3) is 0. The van der Waals surface area contributed by atoms with Crippen molar-refractivity contribution in [2.75, 3.05) is 0 Å². The van der Waals surface area contributed by atoms with Gasteiger partial charge in [-0.2, -0.15) is 5.10 Å². The van der Waals surface area contributed by atoms with E-state index in [9.17, 15) is 0 Å². The van der Waals surface area contributed by atoms with Gasteiger partial charge in [0.05, 0.1) is 23.0 Å². The van der Waals surface area contributed by atoms with Gasteiger partial charge in [0, 0.05) is 16.9 Å². The molecule has 1 aromatic carbocycles. The van der Waals surface area contributed by atoms with Crippen LogP contribution >= 0.6 is 15.9 Å². The number of nitrogens with zero attached hydrogens (tertiary/aromatic N) is 4. The van der Waals surface area contributed by atoms with Crippen molar-refractivity contribution in [1.29, 1.82) is 0 Å². The molecule has 0 saturated carbocycles. The van der Waals surface area contributed by atoms with Gasteiger partial charge in [0.15, 0.2) is 5.65 Å². The van der Waals surface area contributed by atoms with Crippen LogP contribution in [0.1, 0.15) is 0 Å². The summed E-state index contributed by atoms with van der Waals surface area (Å²) in [5.74, 6) is 0.762. The molecular formula is C15H10BrN5. The summed E-state index contributed by atoms with van der Waals surface area (Å²) in [5.41, 5.74) is 3.53. The summed E-state index contributed by atoms with van der Waals surface area (Å²) in [6.07, 6.45) is 5.47. The molecule has 5 nitrogen and oxygen atoms in total. The molecule has 21 heavy (non-hydrogen) atoms. The number of halogens is 1. The number of aromatic nitrogens is 5. The number of para-hydroxylation sites is 1. The Labute approximate surface area is 128 Å². The second-order valence-electron chi connectivity index (χ2n) is 4.62. The highest BCUT2D eigenvalue weighted by Gasteiger charge is 2.09. The number of imidazole rings is 1. The molecule has 102 valence electrons. The maximum absolute atomic E-state index is 4.49. The molecule has 0 unspecified atom stereocenters. The number of H-pyrrole nitrogens is 1. The normalized spacial score (nSPS) is 11.1. The van der Waals surface area contributed by atoms with E-state index in [1.165, 1.54) is 0 Å². The van der Waals surface area contributed by atoms with Crippen LogP contribution in [-0.2, 0) is 0 Å². The molecule has 4 rings (SSSR count). The largest absolute Gasteiger partial charge is 0.336 e. The molecule has 0 atom stereocenters. The van der Waals surface area contributed by atoms with Gasteiger partial charge in [-0.3, -0.25) is 0 Å². The van der Waals surface area contributed by atoms with Crippen LogP contribution in [0.15, 0.2) is 59.5 Å². The predicted molar refractivity (Wildman–Crippen MR) is 84.1 cm³/mol. The standard InChI is InChI=1S/C15H10BrN5/c16-11-6-13-15(17-8-11)20-14(19-13)10-7-18-21(9-10)12-4-2-1-3-5-12/h1-9H,(H,17,19,20). The van der Waals surface area contributed by atoms with Crippen LogP contribution in [0.5, 0.6) is 0 Å². The van der Waals surface area contributed by atoms with E-state index in [4.69, 9.17) is 0 Å². The first-order valence-corrected chi connectivity index (χ1v) is 7.21. The molecule has 0 aliphatic heterocycles. The molecule has 0 bridgehead atoms. The van der Waals surface area contributed by atoms with Gasteiger partial charge >= 0.3 is 0 Å². The number of rotatable bonds is 2. The lowest BCUT2D eigenvalue weighted by atomic mass is 10.3. The highest BCUT2D eigenvalue weighted by Crippen LogP contribution is 2.21. The van der Waals surface area contributed by atoms with E-state index < -0.39 is 0 Å². The van der Waals surface area contributed by atoms with Crippen LogP contribution in [0.2, 0.25) is 0 Å². The number of nitrogens with one attached hydrogen (secondary N) is 1. The van der Waals surface area contributed by atoms with Crippen molar-refractivity contribution < 1.29 is 0 Å². The third-order valence-electron chi connectivity index (χ3n) is 3.18. The van der Waals surface area contributed by atoms with Crippen molar-refractivity contribution in [2.24, 2.45) is 0 Å². The molecule has 3 aromatic heterocycles. The summed E-state index contributed by atoms with van der Waals surface area (Å²) in [6.45, 7) is 0. The average Bonchev–Trinajstić information content (AvgIpc) is 3.14. The highest BCUT2D eigenvalue weighted by molar-refractivity contribution is 9.10. The molecule has 3 heterocycles. The first kappa shape index (κ1) is 12.3. The zero-order valence-corrected chi connectivity index (χ0v) is 12.4. The number of benzene rings is 1. The summed E-state index contributed by atoms with van der Waals surface area (Å²) < 4.78 is 2.75. The molecule has 0 aliphatic rings. The minimum absolute atomic E-state index is 0.695. The third kappa shape index (κ3) is 2.23. The summed E-state index contributed by atoms with van der Waals surface area (Å²) >= 11 is 3.41. The first-order valence-electron chi connectivity index (χ1n) is 6.41. The predicted octanol–water partition coefficient (Wildman–Crippen LogP) is 3.57. The number of pyridine rings is 1. The summed E-state index contributed by atoms with van der Waals surface area (Å²) in [5, 5.41) is 4.38. The van der Waals surface area contributed by atoms with Gasteiger partial charge in [0.1, 0.15) is 5.82 Å². The topological polar surface area (TPSA) is 59.4 Å². The number of aromatic amines is 1. The van der Waals surface area contributed by atoms with E-state index in [1.807, 2.05) is 47.3 Å². The van der Waals surface area contributed by atoms with E-state index in [-0.39, 0.29) is 0 Å².